The first-order chi connectivity index (χ1) is 7.80. The van der Waals surface area contributed by atoms with E-state index < -0.39 is 10.8 Å². The number of hydrogen-bond acceptors (Lipinski definition) is 3. The Balaban J connectivity index is 2.61. The molecule has 17 heavy (non-hydrogen) atoms. The molecule has 1 aromatic heterocycles. The molecule has 1 unspecified atom stereocenters. The molecule has 0 aliphatic rings. The van der Waals surface area contributed by atoms with Gasteiger partial charge in [-0.1, -0.05) is 20.8 Å². The molecular weight excluding hydrogens is 234 g/mol. The van der Waals surface area contributed by atoms with Crippen molar-refractivity contribution < 1.29 is 4.21 Å². The Kier molecular flexibility index (Phi) is 4.89. The number of hydrogen-bond donors (Lipinski definition) is 1. The molecule has 0 radical (unpaired) electrons. The van der Waals surface area contributed by atoms with Crippen LogP contribution < -0.4 is 5.32 Å². The molecule has 1 aromatic rings. The summed E-state index contributed by atoms with van der Waals surface area (Å²) in [7, 11) is 1.22. The van der Waals surface area contributed by atoms with Gasteiger partial charge in [-0.15, -0.1) is 0 Å². The Morgan fingerprint density at radius 3 is 2.65 bits per heavy atom. The van der Waals surface area contributed by atoms with Gasteiger partial charge in [0, 0.05) is 60.1 Å². The average Bonchev–Trinajstić information content (AvgIpc) is 2.53. The Hall–Kier alpha value is -0.680. The molecule has 0 aliphatic heterocycles. The third-order valence-corrected chi connectivity index (χ3v) is 3.28. The zero-order chi connectivity index (χ0) is 13.1. The summed E-state index contributed by atoms with van der Waals surface area (Å²) in [5, 5.41) is 7.82. The molecule has 1 rings (SSSR count). The lowest BCUT2D eigenvalue weighted by Crippen LogP contribution is -2.22. The second kappa shape index (κ2) is 5.78. The fourth-order valence-corrected chi connectivity index (χ4v) is 2.17. The first-order valence-electron chi connectivity index (χ1n) is 5.84. The highest BCUT2D eigenvalue weighted by Gasteiger charge is 2.21. The van der Waals surface area contributed by atoms with Gasteiger partial charge >= 0.3 is 0 Å². The highest BCUT2D eigenvalue weighted by molar-refractivity contribution is 7.84. The van der Waals surface area contributed by atoms with Crippen LogP contribution in [-0.4, -0.2) is 32.5 Å². The fraction of sp³-hybridized carbons (Fsp3) is 0.750. The number of nitrogens with zero attached hydrogens (tertiary/aromatic N) is 2. The van der Waals surface area contributed by atoms with E-state index in [1.165, 1.54) is 5.56 Å². The first-order valence-corrected chi connectivity index (χ1v) is 7.57. The molecule has 0 fully saturated rings. The maximum Gasteiger partial charge on any atom is 0.0722 e. The molecule has 0 amide bonds. The zero-order valence-corrected chi connectivity index (χ0v) is 12.2. The van der Waals surface area contributed by atoms with Gasteiger partial charge in [0.15, 0.2) is 0 Å². The van der Waals surface area contributed by atoms with E-state index >= 15 is 0 Å². The van der Waals surface area contributed by atoms with Crippen molar-refractivity contribution in [2.75, 3.05) is 18.6 Å². The summed E-state index contributed by atoms with van der Waals surface area (Å²) in [6, 6.07) is 0. The van der Waals surface area contributed by atoms with E-state index in [-0.39, 0.29) is 5.41 Å². The van der Waals surface area contributed by atoms with E-state index in [1.54, 1.807) is 6.26 Å². The molecular formula is C12H23N3OS. The molecule has 0 aliphatic carbocycles. The van der Waals surface area contributed by atoms with Crippen LogP contribution in [0.2, 0.25) is 0 Å². The Bertz CT molecular complexity index is 393. The standard InChI is InChI=1S/C12H23N3OS/c1-12(2,3)11-10(9-15(4)14-11)8-13-6-7-17(5)16/h9,13H,6-8H2,1-5H3. The molecule has 98 valence electrons. The van der Waals surface area contributed by atoms with Crippen LogP contribution in [0.5, 0.6) is 0 Å². The molecule has 4 nitrogen and oxygen atoms in total. The molecule has 1 atom stereocenters. The molecule has 5 heteroatoms. The van der Waals surface area contributed by atoms with Gasteiger partial charge in [0.25, 0.3) is 0 Å². The van der Waals surface area contributed by atoms with Crippen LogP contribution in [0.25, 0.3) is 0 Å². The van der Waals surface area contributed by atoms with Crippen molar-refractivity contribution in [2.24, 2.45) is 7.05 Å². The third-order valence-electron chi connectivity index (χ3n) is 2.50. The van der Waals surface area contributed by atoms with E-state index in [2.05, 4.69) is 37.4 Å². The molecule has 0 saturated carbocycles. The van der Waals surface area contributed by atoms with Crippen LogP contribution >= 0.6 is 0 Å². The summed E-state index contributed by atoms with van der Waals surface area (Å²) in [4.78, 5) is 0. The lowest BCUT2D eigenvalue weighted by molar-refractivity contribution is 0.544. The van der Waals surface area contributed by atoms with Crippen LogP contribution in [-0.2, 0) is 29.8 Å². The molecule has 0 spiro atoms. The quantitative estimate of drug-likeness (QED) is 0.806. The highest BCUT2D eigenvalue weighted by Crippen LogP contribution is 2.23. The molecule has 0 bridgehead atoms. The van der Waals surface area contributed by atoms with Gasteiger partial charge in [-0.2, -0.15) is 5.10 Å². The summed E-state index contributed by atoms with van der Waals surface area (Å²) in [6.07, 6.45) is 3.78. The van der Waals surface area contributed by atoms with Crippen LogP contribution in [0, 0.1) is 0 Å². The van der Waals surface area contributed by atoms with Gasteiger partial charge < -0.3 is 5.32 Å². The summed E-state index contributed by atoms with van der Waals surface area (Å²) >= 11 is 0. The third kappa shape index (κ3) is 4.60. The second-order valence-electron chi connectivity index (χ2n) is 5.38. The van der Waals surface area contributed by atoms with E-state index in [1.807, 2.05) is 11.7 Å². The maximum atomic E-state index is 10.9. The first kappa shape index (κ1) is 14.4. The van der Waals surface area contributed by atoms with Crippen molar-refractivity contribution in [3.8, 4) is 0 Å². The smallest absolute Gasteiger partial charge is 0.0722 e. The van der Waals surface area contributed by atoms with Crippen molar-refractivity contribution in [3.05, 3.63) is 17.5 Å². The van der Waals surface area contributed by atoms with Gasteiger partial charge in [0.2, 0.25) is 0 Å². The monoisotopic (exact) mass is 257 g/mol. The minimum absolute atomic E-state index is 0.0614. The van der Waals surface area contributed by atoms with Crippen molar-refractivity contribution in [2.45, 2.75) is 32.7 Å². The predicted octanol–water partition coefficient (Wildman–Crippen LogP) is 1.19. The van der Waals surface area contributed by atoms with Crippen LogP contribution in [0.15, 0.2) is 6.20 Å². The van der Waals surface area contributed by atoms with E-state index in [0.717, 1.165) is 18.8 Å². The summed E-state index contributed by atoms with van der Waals surface area (Å²) < 4.78 is 12.8. The van der Waals surface area contributed by atoms with Crippen molar-refractivity contribution >= 4 is 10.8 Å². The Morgan fingerprint density at radius 2 is 2.12 bits per heavy atom. The van der Waals surface area contributed by atoms with Crippen LogP contribution in [0.4, 0.5) is 0 Å². The lowest BCUT2D eigenvalue weighted by Gasteiger charge is -2.17. The largest absolute Gasteiger partial charge is 0.312 e. The van der Waals surface area contributed by atoms with Crippen molar-refractivity contribution in [3.63, 3.8) is 0 Å². The van der Waals surface area contributed by atoms with E-state index in [4.69, 9.17) is 0 Å². The summed E-state index contributed by atoms with van der Waals surface area (Å²) in [5.74, 6) is 0.700. The average molecular weight is 257 g/mol. The van der Waals surface area contributed by atoms with E-state index in [0.29, 0.717) is 5.75 Å². The minimum atomic E-state index is -0.724. The Labute approximate surface area is 106 Å². The topological polar surface area (TPSA) is 46.9 Å². The zero-order valence-electron chi connectivity index (χ0n) is 11.4. The van der Waals surface area contributed by atoms with E-state index in [9.17, 15) is 4.21 Å². The van der Waals surface area contributed by atoms with Gasteiger partial charge in [0.1, 0.15) is 0 Å². The Morgan fingerprint density at radius 1 is 1.47 bits per heavy atom. The molecule has 1 N–H and O–H groups in total. The highest BCUT2D eigenvalue weighted by atomic mass is 32.2. The lowest BCUT2D eigenvalue weighted by atomic mass is 9.89. The van der Waals surface area contributed by atoms with Crippen LogP contribution in [0.1, 0.15) is 32.0 Å². The number of nitrogens with one attached hydrogen (secondary N) is 1. The summed E-state index contributed by atoms with van der Waals surface area (Å²) in [6.45, 7) is 8.07. The predicted molar refractivity (Wildman–Crippen MR) is 72.5 cm³/mol. The molecule has 1 heterocycles. The summed E-state index contributed by atoms with van der Waals surface area (Å²) in [5.41, 5.74) is 2.42. The van der Waals surface area contributed by atoms with Crippen molar-refractivity contribution in [1.82, 2.24) is 15.1 Å². The van der Waals surface area contributed by atoms with Crippen LogP contribution in [0.3, 0.4) is 0 Å². The number of aromatic nitrogens is 2. The normalized spacial score (nSPS) is 13.9. The number of aryl methyl sites for hydroxylation is 1. The number of rotatable bonds is 5. The SMILES string of the molecule is Cn1cc(CNCCS(C)=O)c(C(C)(C)C)n1. The van der Waals surface area contributed by atoms with Gasteiger partial charge in [0.05, 0.1) is 5.69 Å². The second-order valence-corrected chi connectivity index (χ2v) is 6.94. The molecule has 0 saturated heterocycles. The fourth-order valence-electron chi connectivity index (χ4n) is 1.74. The molecule has 0 aromatic carbocycles. The maximum absolute atomic E-state index is 10.9. The van der Waals surface area contributed by atoms with Gasteiger partial charge in [-0.3, -0.25) is 8.89 Å². The minimum Gasteiger partial charge on any atom is -0.312 e. The van der Waals surface area contributed by atoms with Gasteiger partial charge in [-0.25, -0.2) is 0 Å². The van der Waals surface area contributed by atoms with Gasteiger partial charge in [-0.05, 0) is 0 Å². The van der Waals surface area contributed by atoms with Crippen molar-refractivity contribution in [1.29, 1.82) is 0 Å².